The first kappa shape index (κ1) is 20.2. The highest BCUT2D eigenvalue weighted by atomic mass is 16.6. The molecule has 1 aromatic heterocycles. The van der Waals surface area contributed by atoms with Crippen LogP contribution in [0.1, 0.15) is 24.8 Å². The fraction of sp³-hybridized carbons (Fsp3) is 0.368. The lowest BCUT2D eigenvalue weighted by molar-refractivity contribution is -0.385. The van der Waals surface area contributed by atoms with Crippen LogP contribution in [0.2, 0.25) is 0 Å². The Morgan fingerprint density at radius 3 is 2.59 bits per heavy atom. The lowest BCUT2D eigenvalue weighted by atomic mass is 10.2. The molecule has 8 heteroatoms. The van der Waals surface area contributed by atoms with Crippen LogP contribution in [0.25, 0.3) is 0 Å². The number of anilines is 1. The van der Waals surface area contributed by atoms with E-state index in [2.05, 4.69) is 10.3 Å². The summed E-state index contributed by atoms with van der Waals surface area (Å²) in [5, 5.41) is 13.6. The second-order valence-electron chi connectivity index (χ2n) is 5.97. The van der Waals surface area contributed by atoms with Gasteiger partial charge < -0.3 is 14.8 Å². The molecule has 0 fully saturated rings. The molecule has 0 atom stereocenters. The number of pyridine rings is 1. The number of aromatic nitrogens is 1. The summed E-state index contributed by atoms with van der Waals surface area (Å²) in [4.78, 5) is 25.7. The van der Waals surface area contributed by atoms with Crippen LogP contribution < -0.4 is 10.1 Å². The van der Waals surface area contributed by atoms with Gasteiger partial charge in [-0.25, -0.2) is 9.78 Å². The fourth-order valence-corrected chi connectivity index (χ4v) is 2.22. The van der Waals surface area contributed by atoms with Crippen LogP contribution in [-0.2, 0) is 9.53 Å². The number of rotatable bonds is 11. The van der Waals surface area contributed by atoms with E-state index in [4.69, 9.17) is 9.47 Å². The zero-order chi connectivity index (χ0) is 19.5. The Hall–Kier alpha value is -3.16. The third-order valence-corrected chi connectivity index (χ3v) is 3.73. The van der Waals surface area contributed by atoms with Crippen LogP contribution in [0.5, 0.6) is 5.75 Å². The topological polar surface area (TPSA) is 104 Å². The second kappa shape index (κ2) is 10.7. The summed E-state index contributed by atoms with van der Waals surface area (Å²) in [6, 6.07) is 10.5. The Kier molecular flexibility index (Phi) is 8.02. The average molecular weight is 373 g/mol. The van der Waals surface area contributed by atoms with Crippen LogP contribution in [0.3, 0.4) is 0 Å². The molecule has 8 nitrogen and oxygen atoms in total. The Balaban J connectivity index is 1.49. The largest absolute Gasteiger partial charge is 0.482 e. The van der Waals surface area contributed by atoms with Crippen molar-refractivity contribution in [2.75, 3.05) is 25.1 Å². The minimum absolute atomic E-state index is 0.0336. The summed E-state index contributed by atoms with van der Waals surface area (Å²) >= 11 is 0. The number of carbonyl (C=O) groups excluding carboxylic acids is 1. The molecule has 0 saturated carbocycles. The maximum Gasteiger partial charge on any atom is 0.344 e. The van der Waals surface area contributed by atoms with Crippen molar-refractivity contribution in [2.45, 2.75) is 26.2 Å². The number of carbonyl (C=O) groups is 1. The van der Waals surface area contributed by atoms with Crippen molar-refractivity contribution in [2.24, 2.45) is 0 Å². The molecule has 1 heterocycles. The van der Waals surface area contributed by atoms with Crippen molar-refractivity contribution >= 4 is 17.5 Å². The molecule has 27 heavy (non-hydrogen) atoms. The van der Waals surface area contributed by atoms with Crippen molar-refractivity contribution < 1.29 is 19.2 Å². The normalized spacial score (nSPS) is 10.3. The molecular weight excluding hydrogens is 350 g/mol. The van der Waals surface area contributed by atoms with E-state index in [1.165, 1.54) is 12.3 Å². The molecule has 2 aromatic rings. The first-order valence-corrected chi connectivity index (χ1v) is 8.74. The van der Waals surface area contributed by atoms with E-state index in [9.17, 15) is 14.9 Å². The molecule has 144 valence electrons. The van der Waals surface area contributed by atoms with Gasteiger partial charge in [0.1, 0.15) is 17.8 Å². The number of benzene rings is 1. The van der Waals surface area contributed by atoms with E-state index in [0.29, 0.717) is 24.7 Å². The monoisotopic (exact) mass is 373 g/mol. The number of hydrogen-bond acceptors (Lipinski definition) is 7. The molecule has 0 aliphatic rings. The predicted octanol–water partition coefficient (Wildman–Crippen LogP) is 3.50. The summed E-state index contributed by atoms with van der Waals surface area (Å²) < 4.78 is 10.5. The lowest BCUT2D eigenvalue weighted by Gasteiger charge is -2.08. The number of ether oxygens (including phenoxy) is 2. The summed E-state index contributed by atoms with van der Waals surface area (Å²) in [5.41, 5.74) is 1.09. The van der Waals surface area contributed by atoms with E-state index in [-0.39, 0.29) is 18.3 Å². The van der Waals surface area contributed by atoms with Gasteiger partial charge in [-0.2, -0.15) is 0 Å². The fourth-order valence-electron chi connectivity index (χ4n) is 2.22. The quantitative estimate of drug-likeness (QED) is 0.278. The van der Waals surface area contributed by atoms with Crippen LogP contribution in [0.4, 0.5) is 11.5 Å². The van der Waals surface area contributed by atoms with Gasteiger partial charge in [0.15, 0.2) is 6.61 Å². The van der Waals surface area contributed by atoms with Gasteiger partial charge in [0.25, 0.3) is 5.69 Å². The summed E-state index contributed by atoms with van der Waals surface area (Å²) in [6.45, 7) is 2.92. The predicted molar refractivity (Wildman–Crippen MR) is 101 cm³/mol. The molecule has 2 rings (SSSR count). The highest BCUT2D eigenvalue weighted by molar-refractivity contribution is 5.71. The number of esters is 1. The van der Waals surface area contributed by atoms with E-state index in [1.807, 2.05) is 31.2 Å². The number of hydrogen-bond donors (Lipinski definition) is 1. The molecule has 0 bridgehead atoms. The van der Waals surface area contributed by atoms with Crippen molar-refractivity contribution in [1.29, 1.82) is 0 Å². The van der Waals surface area contributed by atoms with E-state index >= 15 is 0 Å². The van der Waals surface area contributed by atoms with Crippen LogP contribution in [-0.4, -0.2) is 35.6 Å². The molecular formula is C19H23N3O5. The van der Waals surface area contributed by atoms with E-state index < -0.39 is 4.92 Å². The Morgan fingerprint density at radius 1 is 1.15 bits per heavy atom. The van der Waals surface area contributed by atoms with Gasteiger partial charge >= 0.3 is 5.97 Å². The van der Waals surface area contributed by atoms with Crippen LogP contribution in [0.15, 0.2) is 42.6 Å². The molecule has 0 spiro atoms. The van der Waals surface area contributed by atoms with Crippen LogP contribution in [0, 0.1) is 17.0 Å². The third-order valence-electron chi connectivity index (χ3n) is 3.73. The molecule has 0 saturated heterocycles. The Labute approximate surface area is 157 Å². The molecule has 0 amide bonds. The van der Waals surface area contributed by atoms with Gasteiger partial charge in [-0.05, 0) is 44.4 Å². The summed E-state index contributed by atoms with van der Waals surface area (Å²) in [5.74, 6) is 0.854. The Morgan fingerprint density at radius 2 is 1.93 bits per heavy atom. The van der Waals surface area contributed by atoms with Gasteiger partial charge in [-0.3, -0.25) is 10.1 Å². The van der Waals surface area contributed by atoms with Gasteiger partial charge in [0.05, 0.1) is 11.5 Å². The lowest BCUT2D eigenvalue weighted by Crippen LogP contribution is -2.15. The van der Waals surface area contributed by atoms with Gasteiger partial charge in [0, 0.05) is 12.6 Å². The number of nitrogens with one attached hydrogen (secondary N) is 1. The van der Waals surface area contributed by atoms with E-state index in [1.54, 1.807) is 6.07 Å². The maximum absolute atomic E-state index is 11.6. The molecule has 1 aromatic carbocycles. The molecule has 0 aliphatic carbocycles. The SMILES string of the molecule is Cc1ccc(OCC(=O)OCCCCCNc2ccc([N+](=O)[O-])cn2)cc1. The number of nitro groups is 1. The van der Waals surface area contributed by atoms with Crippen molar-refractivity contribution in [3.63, 3.8) is 0 Å². The minimum Gasteiger partial charge on any atom is -0.482 e. The summed E-state index contributed by atoms with van der Waals surface area (Å²) in [6.07, 6.45) is 3.73. The average Bonchev–Trinajstić information content (AvgIpc) is 2.67. The zero-order valence-corrected chi connectivity index (χ0v) is 15.2. The van der Waals surface area contributed by atoms with Crippen molar-refractivity contribution in [1.82, 2.24) is 4.98 Å². The number of nitrogens with zero attached hydrogens (tertiary/aromatic N) is 2. The van der Waals surface area contributed by atoms with Gasteiger partial charge in [0.2, 0.25) is 0 Å². The molecule has 0 radical (unpaired) electrons. The maximum atomic E-state index is 11.6. The first-order chi connectivity index (χ1) is 13.0. The number of unbranched alkanes of at least 4 members (excludes halogenated alkanes) is 2. The molecule has 0 unspecified atom stereocenters. The van der Waals surface area contributed by atoms with Gasteiger partial charge in [-0.1, -0.05) is 17.7 Å². The highest BCUT2D eigenvalue weighted by Crippen LogP contribution is 2.12. The standard InChI is InChI=1S/C19H23N3O5/c1-15-5-8-17(9-6-15)27-14-19(23)26-12-4-2-3-11-20-18-10-7-16(13-21-18)22(24)25/h5-10,13H,2-4,11-12,14H2,1H3,(H,20,21). The number of aryl methyl sites for hydroxylation is 1. The molecule has 0 aliphatic heterocycles. The summed E-state index contributed by atoms with van der Waals surface area (Å²) in [7, 11) is 0. The highest BCUT2D eigenvalue weighted by Gasteiger charge is 2.05. The van der Waals surface area contributed by atoms with Gasteiger partial charge in [-0.15, -0.1) is 0 Å². The minimum atomic E-state index is -0.482. The Bertz CT molecular complexity index is 732. The molecule has 1 N–H and O–H groups in total. The second-order valence-corrected chi connectivity index (χ2v) is 5.97. The smallest absolute Gasteiger partial charge is 0.344 e. The third kappa shape index (κ3) is 7.72. The van der Waals surface area contributed by atoms with Crippen LogP contribution >= 0.6 is 0 Å². The van der Waals surface area contributed by atoms with Crippen molar-refractivity contribution in [3.8, 4) is 5.75 Å². The first-order valence-electron chi connectivity index (χ1n) is 8.74. The van der Waals surface area contributed by atoms with E-state index in [0.717, 1.165) is 24.8 Å². The van der Waals surface area contributed by atoms with Crippen molar-refractivity contribution in [3.05, 3.63) is 58.3 Å². The zero-order valence-electron chi connectivity index (χ0n) is 15.2.